The number of anilines is 1. The van der Waals surface area contributed by atoms with Crippen molar-refractivity contribution in [1.29, 1.82) is 0 Å². The van der Waals surface area contributed by atoms with E-state index in [9.17, 15) is 13.2 Å². The third-order valence-corrected chi connectivity index (χ3v) is 4.68. The maximum atomic E-state index is 12.7. The summed E-state index contributed by atoms with van der Waals surface area (Å²) >= 11 is 1.37. The molecule has 9 heteroatoms. The smallest absolute Gasteiger partial charge is 0.433 e. The highest BCUT2D eigenvalue weighted by atomic mass is 32.1. The van der Waals surface area contributed by atoms with Gasteiger partial charge in [0.25, 0.3) is 0 Å². The Morgan fingerprint density at radius 2 is 2.25 bits per heavy atom. The Balaban J connectivity index is 1.58. The van der Waals surface area contributed by atoms with Gasteiger partial charge in [-0.2, -0.15) is 17.5 Å². The molecule has 0 N–H and O–H groups in total. The van der Waals surface area contributed by atoms with Gasteiger partial charge < -0.3 is 9.64 Å². The maximum absolute atomic E-state index is 12.7. The molecular weight excluding hydrogens is 341 g/mol. The number of hydrogen-bond acceptors (Lipinski definition) is 6. The van der Waals surface area contributed by atoms with Crippen molar-refractivity contribution in [2.75, 3.05) is 24.6 Å². The molecule has 1 aliphatic heterocycles. The van der Waals surface area contributed by atoms with Crippen LogP contribution in [0.3, 0.4) is 0 Å². The van der Waals surface area contributed by atoms with Gasteiger partial charge in [-0.25, -0.2) is 4.98 Å². The van der Waals surface area contributed by atoms with Crippen molar-refractivity contribution >= 4 is 16.7 Å². The van der Waals surface area contributed by atoms with E-state index in [2.05, 4.69) is 19.2 Å². The third kappa shape index (κ3) is 4.14. The van der Waals surface area contributed by atoms with E-state index >= 15 is 0 Å². The molecule has 0 saturated carbocycles. The molecule has 0 aliphatic carbocycles. The maximum Gasteiger partial charge on any atom is 0.433 e. The monoisotopic (exact) mass is 358 g/mol. The summed E-state index contributed by atoms with van der Waals surface area (Å²) in [5.74, 6) is 1.19. The zero-order valence-corrected chi connectivity index (χ0v) is 13.9. The van der Waals surface area contributed by atoms with Crippen molar-refractivity contribution in [2.45, 2.75) is 25.9 Å². The van der Waals surface area contributed by atoms with E-state index in [1.54, 1.807) is 0 Å². The molecule has 0 aromatic carbocycles. The van der Waals surface area contributed by atoms with Gasteiger partial charge in [-0.15, -0.1) is 0 Å². The van der Waals surface area contributed by atoms with Crippen molar-refractivity contribution in [2.24, 2.45) is 5.92 Å². The highest BCUT2D eigenvalue weighted by Gasteiger charge is 2.32. The summed E-state index contributed by atoms with van der Waals surface area (Å²) in [6.07, 6.45) is -1.37. The molecule has 1 atom stereocenters. The summed E-state index contributed by atoms with van der Waals surface area (Å²) in [6, 6.07) is 2.39. The normalized spacial score (nSPS) is 18.7. The fourth-order valence-electron chi connectivity index (χ4n) is 2.66. The SMILES string of the molecule is Cc1nsc(N2CCCC(COc3ccnc(C(F)(F)F)c3)C2)n1. The Morgan fingerprint density at radius 3 is 2.96 bits per heavy atom. The van der Waals surface area contributed by atoms with Crippen molar-refractivity contribution in [3.63, 3.8) is 0 Å². The summed E-state index contributed by atoms with van der Waals surface area (Å²) in [5, 5.41) is 0.889. The van der Waals surface area contributed by atoms with Gasteiger partial charge in [0, 0.05) is 42.8 Å². The van der Waals surface area contributed by atoms with Gasteiger partial charge in [-0.05, 0) is 25.8 Å². The van der Waals surface area contributed by atoms with Gasteiger partial charge in [0.05, 0.1) is 6.61 Å². The molecule has 130 valence electrons. The molecule has 0 radical (unpaired) electrons. The summed E-state index contributed by atoms with van der Waals surface area (Å²) in [6.45, 7) is 3.91. The van der Waals surface area contributed by atoms with Crippen LogP contribution >= 0.6 is 11.5 Å². The highest BCUT2D eigenvalue weighted by Crippen LogP contribution is 2.30. The number of alkyl halides is 3. The molecule has 1 saturated heterocycles. The summed E-state index contributed by atoms with van der Waals surface area (Å²) in [7, 11) is 0. The minimum absolute atomic E-state index is 0.196. The standard InChI is InChI=1S/C15H17F3N4OS/c1-10-20-14(24-21-10)22-6-2-3-11(8-22)9-23-12-4-5-19-13(7-12)15(16,17)18/h4-5,7,11H,2-3,6,8-9H2,1H3. The lowest BCUT2D eigenvalue weighted by Crippen LogP contribution is -2.37. The van der Waals surface area contributed by atoms with Crippen molar-refractivity contribution < 1.29 is 17.9 Å². The summed E-state index contributed by atoms with van der Waals surface area (Å²) in [4.78, 5) is 9.88. The zero-order chi connectivity index (χ0) is 17.2. The van der Waals surface area contributed by atoms with E-state index in [-0.39, 0.29) is 11.7 Å². The molecule has 0 amide bonds. The van der Waals surface area contributed by atoms with E-state index in [0.29, 0.717) is 6.61 Å². The largest absolute Gasteiger partial charge is 0.493 e. The Labute approximate surface area is 141 Å². The number of hydrogen-bond donors (Lipinski definition) is 0. The lowest BCUT2D eigenvalue weighted by atomic mass is 9.99. The van der Waals surface area contributed by atoms with Crippen LogP contribution in [0, 0.1) is 12.8 Å². The predicted octanol–water partition coefficient (Wildman–Crippen LogP) is 3.56. The van der Waals surface area contributed by atoms with Gasteiger partial charge >= 0.3 is 6.18 Å². The van der Waals surface area contributed by atoms with E-state index in [1.165, 1.54) is 17.6 Å². The lowest BCUT2D eigenvalue weighted by molar-refractivity contribution is -0.141. The van der Waals surface area contributed by atoms with Gasteiger partial charge in [0.1, 0.15) is 17.3 Å². The first kappa shape index (κ1) is 16.9. The van der Waals surface area contributed by atoms with Crippen LogP contribution in [0.4, 0.5) is 18.3 Å². The van der Waals surface area contributed by atoms with E-state index in [0.717, 1.165) is 49.2 Å². The van der Waals surface area contributed by atoms with Crippen LogP contribution in [0.1, 0.15) is 24.4 Å². The molecule has 2 aromatic heterocycles. The second kappa shape index (κ2) is 6.92. The first-order valence-electron chi connectivity index (χ1n) is 7.63. The molecular formula is C15H17F3N4OS. The van der Waals surface area contributed by atoms with Gasteiger partial charge in [-0.3, -0.25) is 4.98 Å². The van der Waals surface area contributed by atoms with Crippen LogP contribution in [-0.4, -0.2) is 34.0 Å². The van der Waals surface area contributed by atoms with Crippen LogP contribution < -0.4 is 9.64 Å². The Bertz CT molecular complexity index is 691. The van der Waals surface area contributed by atoms with Crippen LogP contribution in [-0.2, 0) is 6.18 Å². The minimum atomic E-state index is -4.46. The quantitative estimate of drug-likeness (QED) is 0.837. The average molecular weight is 358 g/mol. The number of aromatic nitrogens is 3. The van der Waals surface area contributed by atoms with Gasteiger partial charge in [0.15, 0.2) is 0 Å². The van der Waals surface area contributed by atoms with Crippen LogP contribution in [0.15, 0.2) is 18.3 Å². The molecule has 1 unspecified atom stereocenters. The van der Waals surface area contributed by atoms with Crippen molar-refractivity contribution in [1.82, 2.24) is 14.3 Å². The number of rotatable bonds is 4. The molecule has 3 heterocycles. The van der Waals surface area contributed by atoms with Crippen LogP contribution in [0.5, 0.6) is 5.75 Å². The number of piperidine rings is 1. The number of pyridine rings is 1. The summed E-state index contributed by atoms with van der Waals surface area (Å²) < 4.78 is 47.8. The van der Waals surface area contributed by atoms with E-state index < -0.39 is 11.9 Å². The van der Waals surface area contributed by atoms with Crippen molar-refractivity contribution in [3.05, 3.63) is 29.8 Å². The molecule has 5 nitrogen and oxygen atoms in total. The number of aryl methyl sites for hydroxylation is 1. The molecule has 0 spiro atoms. The zero-order valence-electron chi connectivity index (χ0n) is 13.1. The average Bonchev–Trinajstić information content (AvgIpc) is 2.99. The van der Waals surface area contributed by atoms with Gasteiger partial charge in [0.2, 0.25) is 5.13 Å². The number of halogens is 3. The molecule has 3 rings (SSSR count). The first-order chi connectivity index (χ1) is 11.4. The topological polar surface area (TPSA) is 51.1 Å². The second-order valence-corrected chi connectivity index (χ2v) is 6.49. The first-order valence-corrected chi connectivity index (χ1v) is 8.40. The molecule has 1 aliphatic rings. The minimum Gasteiger partial charge on any atom is -0.493 e. The van der Waals surface area contributed by atoms with E-state index in [1.807, 2.05) is 6.92 Å². The fraction of sp³-hybridized carbons (Fsp3) is 0.533. The number of nitrogens with zero attached hydrogens (tertiary/aromatic N) is 4. The molecule has 0 bridgehead atoms. The Kier molecular flexibility index (Phi) is 4.88. The Morgan fingerprint density at radius 1 is 1.42 bits per heavy atom. The molecule has 2 aromatic rings. The lowest BCUT2D eigenvalue weighted by Gasteiger charge is -2.32. The number of ether oxygens (including phenoxy) is 1. The van der Waals surface area contributed by atoms with E-state index in [4.69, 9.17) is 4.74 Å². The summed E-state index contributed by atoms with van der Waals surface area (Å²) in [5.41, 5.74) is -0.936. The Hall–Kier alpha value is -1.90. The van der Waals surface area contributed by atoms with Crippen LogP contribution in [0.2, 0.25) is 0 Å². The third-order valence-electron chi connectivity index (χ3n) is 3.81. The van der Waals surface area contributed by atoms with Crippen LogP contribution in [0.25, 0.3) is 0 Å². The second-order valence-electron chi connectivity index (χ2n) is 5.76. The fourth-order valence-corrected chi connectivity index (χ4v) is 3.37. The molecule has 1 fully saturated rings. The highest BCUT2D eigenvalue weighted by molar-refractivity contribution is 7.09. The molecule has 24 heavy (non-hydrogen) atoms. The van der Waals surface area contributed by atoms with Crippen molar-refractivity contribution in [3.8, 4) is 5.75 Å². The van der Waals surface area contributed by atoms with Gasteiger partial charge in [-0.1, -0.05) is 0 Å². The predicted molar refractivity (Wildman–Crippen MR) is 84.3 cm³/mol.